The molecule has 0 saturated carbocycles. The summed E-state index contributed by atoms with van der Waals surface area (Å²) in [7, 11) is -5.55. The first-order chi connectivity index (χ1) is 12.2. The van der Waals surface area contributed by atoms with Crippen LogP contribution in [0.15, 0.2) is 51.7 Å². The van der Waals surface area contributed by atoms with Gasteiger partial charge in [0.1, 0.15) is 0 Å². The molecule has 0 aliphatic carbocycles. The molecule has 0 radical (unpaired) electrons. The highest BCUT2D eigenvalue weighted by Crippen LogP contribution is 2.32. The van der Waals surface area contributed by atoms with Gasteiger partial charge in [-0.05, 0) is 29.8 Å². The molecule has 6 nitrogen and oxygen atoms in total. The first kappa shape index (κ1) is 18.7. The molecule has 3 aromatic rings. The summed E-state index contributed by atoms with van der Waals surface area (Å²) in [5.74, 6) is -0.274. The van der Waals surface area contributed by atoms with Crippen molar-refractivity contribution in [2.24, 2.45) is 0 Å². The molecule has 2 aromatic heterocycles. The van der Waals surface area contributed by atoms with E-state index >= 15 is 0 Å². The number of nitrogens with zero attached hydrogens (tertiary/aromatic N) is 3. The summed E-state index contributed by atoms with van der Waals surface area (Å²) >= 11 is 4.76. The zero-order valence-corrected chi connectivity index (χ0v) is 15.7. The molecule has 2 heterocycles. The third-order valence-corrected chi connectivity index (χ3v) is 5.75. The number of anilines is 2. The first-order valence-corrected chi connectivity index (χ1v) is 9.93. The second kappa shape index (κ2) is 6.93. The largest absolute Gasteiger partial charge is 0.503 e. The zero-order valence-electron chi connectivity index (χ0n) is 12.5. The summed E-state index contributed by atoms with van der Waals surface area (Å²) in [6, 6.07) is 5.90. The molecule has 3 rings (SSSR count). The van der Waals surface area contributed by atoms with E-state index < -0.39 is 20.4 Å². The van der Waals surface area contributed by atoms with Crippen molar-refractivity contribution >= 4 is 48.7 Å². The van der Waals surface area contributed by atoms with E-state index in [1.54, 1.807) is 23.8 Å². The number of benzene rings is 1. The highest BCUT2D eigenvalue weighted by Gasteiger charge is 2.48. The van der Waals surface area contributed by atoms with E-state index in [1.807, 2.05) is 6.07 Å². The molecule has 26 heavy (non-hydrogen) atoms. The van der Waals surface area contributed by atoms with Gasteiger partial charge < -0.3 is 5.32 Å². The minimum absolute atomic E-state index is 0.274. The van der Waals surface area contributed by atoms with Gasteiger partial charge in [0.05, 0.1) is 10.4 Å². The third-order valence-electron chi connectivity index (χ3n) is 3.08. The molecule has 0 bridgehead atoms. The van der Waals surface area contributed by atoms with E-state index in [2.05, 4.69) is 36.2 Å². The fraction of sp³-hybridized carbons (Fsp3) is 0.0714. The van der Waals surface area contributed by atoms with Crippen LogP contribution in [0.3, 0.4) is 0 Å². The minimum atomic E-state index is -5.55. The smallest absolute Gasteiger partial charge is 0.324 e. The molecule has 0 spiro atoms. The maximum absolute atomic E-state index is 12.7. The van der Waals surface area contributed by atoms with E-state index in [1.165, 1.54) is 11.3 Å². The summed E-state index contributed by atoms with van der Waals surface area (Å²) in [5, 5.41) is 1.59. The number of alkyl halides is 3. The van der Waals surface area contributed by atoms with Crippen LogP contribution in [0.5, 0.6) is 0 Å². The summed E-state index contributed by atoms with van der Waals surface area (Å²) in [6.45, 7) is 0. The molecule has 0 amide bonds. The Kier molecular flexibility index (Phi) is 4.99. The first-order valence-electron chi connectivity index (χ1n) is 6.78. The minimum Gasteiger partial charge on any atom is -0.324 e. The Morgan fingerprint density at radius 3 is 2.62 bits per heavy atom. The van der Waals surface area contributed by atoms with Crippen molar-refractivity contribution in [2.75, 3.05) is 5.32 Å². The number of sulfone groups is 1. The number of rotatable bonds is 4. The van der Waals surface area contributed by atoms with Crippen LogP contribution < -0.4 is 5.32 Å². The Labute approximate surface area is 158 Å². The van der Waals surface area contributed by atoms with E-state index in [4.69, 9.17) is 0 Å². The second-order valence-electron chi connectivity index (χ2n) is 4.89. The van der Waals surface area contributed by atoms with Crippen LogP contribution in [0.1, 0.15) is 0 Å². The van der Waals surface area contributed by atoms with E-state index in [9.17, 15) is 21.6 Å². The van der Waals surface area contributed by atoms with Gasteiger partial charge in [-0.2, -0.15) is 13.2 Å². The van der Waals surface area contributed by atoms with Gasteiger partial charge in [0, 0.05) is 22.6 Å². The van der Waals surface area contributed by atoms with Crippen molar-refractivity contribution < 1.29 is 21.6 Å². The molecule has 0 atom stereocenters. The number of thiazole rings is 1. The third kappa shape index (κ3) is 3.86. The molecular formula is C14H8BrF3N4O2S2. The molecule has 136 valence electrons. The summed E-state index contributed by atoms with van der Waals surface area (Å²) in [6.07, 6.45) is 2.61. The molecule has 0 unspecified atom stereocenters. The predicted molar refractivity (Wildman–Crippen MR) is 93.8 cm³/mol. The maximum Gasteiger partial charge on any atom is 0.503 e. The van der Waals surface area contributed by atoms with Crippen LogP contribution in [0.2, 0.25) is 0 Å². The van der Waals surface area contributed by atoms with Crippen molar-refractivity contribution in [2.45, 2.75) is 10.5 Å². The lowest BCUT2D eigenvalue weighted by Crippen LogP contribution is -2.24. The summed E-state index contributed by atoms with van der Waals surface area (Å²) in [4.78, 5) is 12.1. The fourth-order valence-electron chi connectivity index (χ4n) is 1.96. The van der Waals surface area contributed by atoms with Crippen LogP contribution in [-0.4, -0.2) is 28.9 Å². The van der Waals surface area contributed by atoms with Crippen LogP contribution in [-0.2, 0) is 9.84 Å². The average molecular weight is 465 g/mol. The van der Waals surface area contributed by atoms with Gasteiger partial charge in [-0.15, -0.1) is 11.3 Å². The van der Waals surface area contributed by atoms with Crippen LogP contribution in [0.25, 0.3) is 10.4 Å². The van der Waals surface area contributed by atoms with Gasteiger partial charge in [-0.3, -0.25) is 4.98 Å². The van der Waals surface area contributed by atoms with Gasteiger partial charge >= 0.3 is 5.51 Å². The molecule has 12 heteroatoms. The van der Waals surface area contributed by atoms with Gasteiger partial charge in [-0.25, -0.2) is 18.4 Å². The summed E-state index contributed by atoms with van der Waals surface area (Å²) in [5.41, 5.74) is -2.50. The average Bonchev–Trinajstić information content (AvgIpc) is 3.08. The SMILES string of the molecule is O=S(=O)(c1ccnc(Nc2cc(Br)cc(-c3cncs3)c2)n1)C(F)(F)F. The molecule has 1 aromatic carbocycles. The van der Waals surface area contributed by atoms with Crippen LogP contribution in [0.4, 0.5) is 24.8 Å². The number of hydrogen-bond acceptors (Lipinski definition) is 7. The number of aromatic nitrogens is 3. The Morgan fingerprint density at radius 1 is 1.19 bits per heavy atom. The highest BCUT2D eigenvalue weighted by atomic mass is 79.9. The van der Waals surface area contributed by atoms with Crippen molar-refractivity contribution in [3.63, 3.8) is 0 Å². The number of halogens is 4. The standard InChI is InChI=1S/C14H8BrF3N4O2S2/c15-9-3-8(11-6-19-7-25-11)4-10(5-9)21-13-20-2-1-12(22-13)26(23,24)14(16,17)18/h1-7H,(H,20,21,22). The Balaban J connectivity index is 1.95. The molecule has 0 aliphatic heterocycles. The van der Waals surface area contributed by atoms with Crippen molar-refractivity contribution in [3.8, 4) is 10.4 Å². The van der Waals surface area contributed by atoms with Crippen molar-refractivity contribution in [3.05, 3.63) is 46.6 Å². The second-order valence-corrected chi connectivity index (χ2v) is 8.58. The monoisotopic (exact) mass is 464 g/mol. The molecule has 0 aliphatic rings. The molecule has 0 saturated heterocycles. The van der Waals surface area contributed by atoms with E-state index in [-0.39, 0.29) is 5.95 Å². The lowest BCUT2D eigenvalue weighted by Gasteiger charge is -2.10. The summed E-state index contributed by atoms with van der Waals surface area (Å²) < 4.78 is 61.6. The zero-order chi connectivity index (χ0) is 18.9. The molecule has 0 fully saturated rings. The topological polar surface area (TPSA) is 84.8 Å². The highest BCUT2D eigenvalue weighted by molar-refractivity contribution is 9.10. The van der Waals surface area contributed by atoms with Crippen molar-refractivity contribution in [1.29, 1.82) is 0 Å². The molecular weight excluding hydrogens is 457 g/mol. The van der Waals surface area contributed by atoms with Gasteiger partial charge in [-0.1, -0.05) is 15.9 Å². The van der Waals surface area contributed by atoms with E-state index in [0.717, 1.165) is 16.6 Å². The number of hydrogen-bond donors (Lipinski definition) is 1. The fourth-order valence-corrected chi connectivity index (χ4v) is 3.75. The van der Waals surface area contributed by atoms with Crippen molar-refractivity contribution in [1.82, 2.24) is 15.0 Å². The van der Waals surface area contributed by atoms with Crippen LogP contribution in [0, 0.1) is 0 Å². The lowest BCUT2D eigenvalue weighted by atomic mass is 10.2. The predicted octanol–water partition coefficient (Wildman–Crippen LogP) is 4.40. The number of nitrogens with one attached hydrogen (secondary N) is 1. The van der Waals surface area contributed by atoms with Gasteiger partial charge in [0.25, 0.3) is 9.84 Å². The Bertz CT molecular complexity index is 1040. The van der Waals surface area contributed by atoms with Crippen LogP contribution >= 0.6 is 27.3 Å². The quantitative estimate of drug-likeness (QED) is 0.576. The Hall–Kier alpha value is -2.05. The normalized spacial score (nSPS) is 12.2. The Morgan fingerprint density at radius 2 is 1.96 bits per heavy atom. The van der Waals surface area contributed by atoms with Gasteiger partial charge in [0.15, 0.2) is 5.03 Å². The van der Waals surface area contributed by atoms with E-state index in [0.29, 0.717) is 16.2 Å². The molecule has 1 N–H and O–H groups in total. The maximum atomic E-state index is 12.7. The lowest BCUT2D eigenvalue weighted by molar-refractivity contribution is -0.0438. The van der Waals surface area contributed by atoms with Gasteiger partial charge in [0.2, 0.25) is 5.95 Å².